The van der Waals surface area contributed by atoms with Gasteiger partial charge in [-0.25, -0.2) is 8.07 Å². The van der Waals surface area contributed by atoms with Gasteiger partial charge in [0.15, 0.2) is 0 Å². The molecule has 0 bridgehead atoms. The first kappa shape index (κ1) is 10.4. The predicted octanol–water partition coefficient (Wildman–Crippen LogP) is 4.03. The van der Waals surface area contributed by atoms with Crippen LogP contribution >= 0.6 is 8.07 Å². The Hall–Kier alpha value is 0.390. The lowest BCUT2D eigenvalue weighted by Gasteiger charge is -2.46. The zero-order chi connectivity index (χ0) is 8.58. The summed E-state index contributed by atoms with van der Waals surface area (Å²) >= 11 is 0. The summed E-state index contributed by atoms with van der Waals surface area (Å²) in [7, 11) is -0.613. The molecule has 0 atom stereocenters. The summed E-state index contributed by atoms with van der Waals surface area (Å²) in [5, 5.41) is 0.348. The molecule has 10 heavy (non-hydrogen) atoms. The molecule has 2 heteroatoms. The summed E-state index contributed by atoms with van der Waals surface area (Å²) in [5.41, 5.74) is 7.94. The fourth-order valence-corrected chi connectivity index (χ4v) is 3.02. The maximum absolute atomic E-state index is 7.94. The van der Waals surface area contributed by atoms with Crippen LogP contribution in [0.1, 0.15) is 41.5 Å². The molecule has 0 saturated carbocycles. The molecule has 0 aliphatic carbocycles. The zero-order valence-corrected chi connectivity index (χ0v) is 8.84. The summed E-state index contributed by atoms with van der Waals surface area (Å²) in [6.45, 7) is 12.9. The minimum absolute atomic E-state index is 0.174. The van der Waals surface area contributed by atoms with E-state index in [1.807, 2.05) is 0 Å². The van der Waals surface area contributed by atoms with Gasteiger partial charge in [0.25, 0.3) is 0 Å². The molecule has 0 radical (unpaired) electrons. The Morgan fingerprint density at radius 3 is 1.00 bits per heavy atom. The standard InChI is InChI=1S/C8H19NP/c1-7(2,3)10(9)8(4,5)6/h9H,1-6H3/q-1. The number of hydrogen-bond donors (Lipinski definition) is 0. The van der Waals surface area contributed by atoms with E-state index in [-0.39, 0.29) is 10.3 Å². The molecule has 1 nitrogen and oxygen atoms in total. The van der Waals surface area contributed by atoms with Crippen LogP contribution in [-0.2, 0) is 0 Å². The van der Waals surface area contributed by atoms with Gasteiger partial charge in [-0.15, -0.1) is 0 Å². The molecule has 0 saturated heterocycles. The lowest BCUT2D eigenvalue weighted by atomic mass is 10.2. The molecule has 0 unspecified atom stereocenters. The number of rotatable bonds is 0. The smallest absolute Gasteiger partial charge is 0.0363 e. The predicted molar refractivity (Wildman–Crippen MR) is 50.7 cm³/mol. The van der Waals surface area contributed by atoms with Gasteiger partial charge < -0.3 is 5.50 Å². The minimum Gasteiger partial charge on any atom is -0.651 e. The normalized spacial score (nSPS) is 14.4. The van der Waals surface area contributed by atoms with E-state index in [1.54, 1.807) is 0 Å². The second kappa shape index (κ2) is 2.79. The van der Waals surface area contributed by atoms with Gasteiger partial charge >= 0.3 is 0 Å². The quantitative estimate of drug-likeness (QED) is 0.478. The Morgan fingerprint density at radius 1 is 0.800 bits per heavy atom. The van der Waals surface area contributed by atoms with Crippen LogP contribution in [0.15, 0.2) is 0 Å². The minimum atomic E-state index is -0.613. The molecule has 0 fully saturated rings. The molecule has 0 aromatic carbocycles. The zero-order valence-electron chi connectivity index (χ0n) is 7.95. The van der Waals surface area contributed by atoms with Gasteiger partial charge in [0.05, 0.1) is 0 Å². The van der Waals surface area contributed by atoms with Crippen molar-refractivity contribution in [2.45, 2.75) is 51.9 Å². The molecule has 0 amide bonds. The first-order chi connectivity index (χ1) is 4.15. The molecule has 0 aromatic heterocycles. The molecule has 0 spiro atoms. The van der Waals surface area contributed by atoms with Gasteiger partial charge in [0, 0.05) is 0 Å². The van der Waals surface area contributed by atoms with Crippen molar-refractivity contribution >= 4 is 8.07 Å². The highest BCUT2D eigenvalue weighted by atomic mass is 31.1. The van der Waals surface area contributed by atoms with Crippen LogP contribution in [-0.4, -0.2) is 10.3 Å². The summed E-state index contributed by atoms with van der Waals surface area (Å²) < 4.78 is 0. The molecule has 0 heterocycles. The second-order valence-electron chi connectivity index (χ2n) is 4.68. The van der Waals surface area contributed by atoms with Gasteiger partial charge in [-0.05, 0) is 10.3 Å². The second-order valence-corrected chi connectivity index (χ2v) is 8.03. The monoisotopic (exact) mass is 160 g/mol. The van der Waals surface area contributed by atoms with Crippen LogP contribution in [0.4, 0.5) is 0 Å². The van der Waals surface area contributed by atoms with Crippen molar-refractivity contribution in [3.63, 3.8) is 0 Å². The Morgan fingerprint density at radius 2 is 1.00 bits per heavy atom. The summed E-state index contributed by atoms with van der Waals surface area (Å²) in [5.74, 6) is 0. The summed E-state index contributed by atoms with van der Waals surface area (Å²) in [4.78, 5) is 0. The van der Waals surface area contributed by atoms with Crippen molar-refractivity contribution in [2.24, 2.45) is 0 Å². The molecule has 1 N–H and O–H groups in total. The lowest BCUT2D eigenvalue weighted by molar-refractivity contribution is 0.714. The topological polar surface area (TPSA) is 23.8 Å². The highest BCUT2D eigenvalue weighted by Crippen LogP contribution is 2.59. The molecule has 0 aliphatic rings. The highest BCUT2D eigenvalue weighted by Gasteiger charge is 2.23. The van der Waals surface area contributed by atoms with Crippen molar-refractivity contribution in [1.29, 1.82) is 0 Å². The van der Waals surface area contributed by atoms with Crippen molar-refractivity contribution in [3.8, 4) is 0 Å². The van der Waals surface area contributed by atoms with Crippen LogP contribution in [0, 0.1) is 0 Å². The number of hydrogen-bond acceptors (Lipinski definition) is 0. The fraction of sp³-hybridized carbons (Fsp3) is 1.00. The molecule has 0 aromatic rings. The van der Waals surface area contributed by atoms with Crippen molar-refractivity contribution < 1.29 is 0 Å². The highest BCUT2D eigenvalue weighted by molar-refractivity contribution is 7.62. The van der Waals surface area contributed by atoms with Crippen LogP contribution in [0.25, 0.3) is 5.50 Å². The van der Waals surface area contributed by atoms with E-state index in [2.05, 4.69) is 41.5 Å². The Labute approximate surface area is 66.2 Å². The van der Waals surface area contributed by atoms with Crippen LogP contribution in [0.3, 0.4) is 0 Å². The Bertz CT molecular complexity index is 93.4. The first-order valence-corrected chi connectivity index (χ1v) is 5.01. The lowest BCUT2D eigenvalue weighted by Crippen LogP contribution is -2.22. The maximum atomic E-state index is 7.94. The van der Waals surface area contributed by atoms with Crippen molar-refractivity contribution in [2.75, 3.05) is 0 Å². The van der Waals surface area contributed by atoms with E-state index in [4.69, 9.17) is 5.50 Å². The van der Waals surface area contributed by atoms with E-state index in [0.717, 1.165) is 0 Å². The van der Waals surface area contributed by atoms with Gasteiger partial charge in [0.1, 0.15) is 0 Å². The van der Waals surface area contributed by atoms with E-state index < -0.39 is 8.07 Å². The first-order valence-electron chi connectivity index (χ1n) is 3.67. The van der Waals surface area contributed by atoms with E-state index in [9.17, 15) is 0 Å². The third-order valence-electron chi connectivity index (χ3n) is 1.34. The molecule has 0 aliphatic heterocycles. The van der Waals surface area contributed by atoms with Gasteiger partial charge in [-0.3, -0.25) is 0 Å². The summed E-state index contributed by atoms with van der Waals surface area (Å²) in [6.07, 6.45) is 0. The summed E-state index contributed by atoms with van der Waals surface area (Å²) in [6, 6.07) is 0. The third-order valence-corrected chi connectivity index (χ3v) is 4.02. The van der Waals surface area contributed by atoms with Crippen LogP contribution < -0.4 is 0 Å². The van der Waals surface area contributed by atoms with Gasteiger partial charge in [-0.2, -0.15) is 0 Å². The van der Waals surface area contributed by atoms with Crippen molar-refractivity contribution in [3.05, 3.63) is 5.50 Å². The molecule has 0 rings (SSSR count). The van der Waals surface area contributed by atoms with E-state index in [0.29, 0.717) is 0 Å². The van der Waals surface area contributed by atoms with Crippen LogP contribution in [0.2, 0.25) is 0 Å². The average Bonchev–Trinajstić information content (AvgIpc) is 1.59. The van der Waals surface area contributed by atoms with Gasteiger partial charge in [-0.1, -0.05) is 41.5 Å². The van der Waals surface area contributed by atoms with Crippen LogP contribution in [0.5, 0.6) is 0 Å². The molecule has 62 valence electrons. The molecular weight excluding hydrogens is 141 g/mol. The van der Waals surface area contributed by atoms with E-state index in [1.165, 1.54) is 0 Å². The Kier molecular flexibility index (Phi) is 2.90. The molecular formula is C8H19NP-. The SMILES string of the molecule is CC(C)(C)P([NH-])C(C)(C)C. The fourth-order valence-electron chi connectivity index (χ4n) is 1.01. The third kappa shape index (κ3) is 2.98. The average molecular weight is 160 g/mol. The Balaban J connectivity index is 4.23. The van der Waals surface area contributed by atoms with E-state index >= 15 is 0 Å². The largest absolute Gasteiger partial charge is 0.651 e. The van der Waals surface area contributed by atoms with Crippen molar-refractivity contribution in [1.82, 2.24) is 0 Å². The maximum Gasteiger partial charge on any atom is -0.0363 e. The number of nitrogens with one attached hydrogen (secondary N) is 1. The van der Waals surface area contributed by atoms with Gasteiger partial charge in [0.2, 0.25) is 0 Å².